The number of carbonyl (C=O) groups excluding carboxylic acids is 1. The van der Waals surface area contributed by atoms with Gasteiger partial charge in [-0.3, -0.25) is 4.79 Å². The Morgan fingerprint density at radius 2 is 1.56 bits per heavy atom. The van der Waals surface area contributed by atoms with Gasteiger partial charge < -0.3 is 28.4 Å². The first kappa shape index (κ1) is 18.7. The van der Waals surface area contributed by atoms with Crippen molar-refractivity contribution in [3.05, 3.63) is 35.4 Å². The largest absolute Gasteiger partial charge is 0.497 e. The van der Waals surface area contributed by atoms with Crippen LogP contribution in [0.1, 0.15) is 23.5 Å². The van der Waals surface area contributed by atoms with Crippen molar-refractivity contribution in [1.82, 2.24) is 0 Å². The molecule has 3 rings (SSSR count). The molecule has 7 nitrogen and oxygen atoms in total. The van der Waals surface area contributed by atoms with E-state index in [1.54, 1.807) is 26.4 Å². The normalized spacial score (nSPS) is 15.4. The molecule has 2 aromatic carbocycles. The summed E-state index contributed by atoms with van der Waals surface area (Å²) in [5.41, 5.74) is 1.53. The Kier molecular flexibility index (Phi) is 5.30. The van der Waals surface area contributed by atoms with Gasteiger partial charge in [-0.25, -0.2) is 0 Å². The van der Waals surface area contributed by atoms with Gasteiger partial charge in [-0.05, 0) is 6.07 Å². The van der Waals surface area contributed by atoms with Gasteiger partial charge in [0.25, 0.3) is 0 Å². The van der Waals surface area contributed by atoms with Gasteiger partial charge in [0.2, 0.25) is 5.75 Å². The van der Waals surface area contributed by atoms with Gasteiger partial charge in [-0.15, -0.1) is 0 Å². The Labute approximate surface area is 157 Å². The third kappa shape index (κ3) is 3.20. The van der Waals surface area contributed by atoms with Gasteiger partial charge in [-0.2, -0.15) is 0 Å². The molecule has 0 saturated carbocycles. The topological polar surface area (TPSA) is 72.5 Å². The zero-order valence-electron chi connectivity index (χ0n) is 16.0. The van der Waals surface area contributed by atoms with Crippen molar-refractivity contribution in [1.29, 1.82) is 0 Å². The van der Waals surface area contributed by atoms with E-state index in [1.165, 1.54) is 21.3 Å². The van der Waals surface area contributed by atoms with Crippen LogP contribution >= 0.6 is 0 Å². The van der Waals surface area contributed by atoms with Gasteiger partial charge in [0.15, 0.2) is 11.5 Å². The first-order chi connectivity index (χ1) is 13.1. The maximum Gasteiger partial charge on any atom is 0.312 e. The van der Waals surface area contributed by atoms with Crippen LogP contribution in [0.3, 0.4) is 0 Å². The monoisotopic (exact) mass is 374 g/mol. The number of carbonyl (C=O) groups is 1. The molecule has 0 saturated heterocycles. The second-order valence-electron chi connectivity index (χ2n) is 5.90. The highest BCUT2D eigenvalue weighted by molar-refractivity contribution is 5.81. The highest BCUT2D eigenvalue weighted by atomic mass is 16.5. The van der Waals surface area contributed by atoms with E-state index in [9.17, 15) is 4.79 Å². The third-order valence-electron chi connectivity index (χ3n) is 4.59. The molecule has 0 aliphatic carbocycles. The lowest BCUT2D eigenvalue weighted by molar-refractivity contribution is -0.135. The molecule has 1 heterocycles. The zero-order chi connectivity index (χ0) is 19.6. The van der Waals surface area contributed by atoms with Crippen molar-refractivity contribution in [3.63, 3.8) is 0 Å². The average Bonchev–Trinajstić information content (AvgIpc) is 2.70. The SMILES string of the molecule is COc1ccc([C@@H]2CC(=O)Oc3cc(OC)c(OC)c(OC)c32)c(OC)c1. The molecular weight excluding hydrogens is 352 g/mol. The Balaban J connectivity index is 2.26. The minimum Gasteiger partial charge on any atom is -0.497 e. The molecule has 0 unspecified atom stereocenters. The molecule has 7 heteroatoms. The summed E-state index contributed by atoms with van der Waals surface area (Å²) in [4.78, 5) is 12.3. The van der Waals surface area contributed by atoms with Crippen LogP contribution in [0.4, 0.5) is 0 Å². The first-order valence-electron chi connectivity index (χ1n) is 8.33. The van der Waals surface area contributed by atoms with Crippen molar-refractivity contribution in [2.45, 2.75) is 12.3 Å². The molecule has 0 bridgehead atoms. The summed E-state index contributed by atoms with van der Waals surface area (Å²) in [6, 6.07) is 7.12. The minimum absolute atomic E-state index is 0.140. The van der Waals surface area contributed by atoms with Crippen LogP contribution in [0.15, 0.2) is 24.3 Å². The molecule has 1 aliphatic rings. The maximum atomic E-state index is 12.3. The number of methoxy groups -OCH3 is 5. The van der Waals surface area contributed by atoms with Crippen LogP contribution < -0.4 is 28.4 Å². The van der Waals surface area contributed by atoms with Crippen molar-refractivity contribution >= 4 is 5.97 Å². The van der Waals surface area contributed by atoms with Gasteiger partial charge in [-0.1, -0.05) is 6.07 Å². The number of ether oxygens (including phenoxy) is 6. The highest BCUT2D eigenvalue weighted by Crippen LogP contribution is 2.53. The highest BCUT2D eigenvalue weighted by Gasteiger charge is 2.36. The third-order valence-corrected chi connectivity index (χ3v) is 4.59. The molecule has 0 amide bonds. The number of benzene rings is 2. The fourth-order valence-corrected chi connectivity index (χ4v) is 3.38. The smallest absolute Gasteiger partial charge is 0.312 e. The summed E-state index contributed by atoms with van der Waals surface area (Å²) in [6.07, 6.45) is 0.140. The molecule has 144 valence electrons. The van der Waals surface area contributed by atoms with E-state index in [0.717, 1.165) is 5.56 Å². The van der Waals surface area contributed by atoms with E-state index < -0.39 is 0 Å². The zero-order valence-corrected chi connectivity index (χ0v) is 16.0. The van der Waals surface area contributed by atoms with Gasteiger partial charge in [0.05, 0.1) is 42.0 Å². The Hall–Kier alpha value is -3.09. The molecule has 0 N–H and O–H groups in total. The van der Waals surface area contributed by atoms with Crippen LogP contribution in [-0.2, 0) is 4.79 Å². The van der Waals surface area contributed by atoms with E-state index in [1.807, 2.05) is 12.1 Å². The summed E-state index contributed by atoms with van der Waals surface area (Å²) in [7, 11) is 7.74. The summed E-state index contributed by atoms with van der Waals surface area (Å²) in [5, 5.41) is 0. The predicted molar refractivity (Wildman–Crippen MR) is 97.7 cm³/mol. The summed E-state index contributed by atoms with van der Waals surface area (Å²) in [6.45, 7) is 0. The van der Waals surface area contributed by atoms with Crippen LogP contribution in [-0.4, -0.2) is 41.5 Å². The maximum absolute atomic E-state index is 12.3. The van der Waals surface area contributed by atoms with Crippen molar-refractivity contribution < 1.29 is 33.2 Å². The van der Waals surface area contributed by atoms with Crippen LogP contribution in [0, 0.1) is 0 Å². The molecule has 0 fully saturated rings. The summed E-state index contributed by atoms with van der Waals surface area (Å²) < 4.78 is 32.7. The van der Waals surface area contributed by atoms with E-state index in [4.69, 9.17) is 28.4 Å². The first-order valence-corrected chi connectivity index (χ1v) is 8.33. The predicted octanol–water partition coefficient (Wildman–Crippen LogP) is 3.17. The fourth-order valence-electron chi connectivity index (χ4n) is 3.38. The molecule has 0 aromatic heterocycles. The molecule has 0 spiro atoms. The van der Waals surface area contributed by atoms with Crippen LogP contribution in [0.5, 0.6) is 34.5 Å². The van der Waals surface area contributed by atoms with E-state index in [-0.39, 0.29) is 18.3 Å². The van der Waals surface area contributed by atoms with Crippen molar-refractivity contribution in [2.24, 2.45) is 0 Å². The summed E-state index contributed by atoms with van der Waals surface area (Å²) >= 11 is 0. The van der Waals surface area contributed by atoms with Crippen LogP contribution in [0.25, 0.3) is 0 Å². The molecule has 2 aromatic rings. The van der Waals surface area contributed by atoms with Crippen molar-refractivity contribution in [2.75, 3.05) is 35.5 Å². The quantitative estimate of drug-likeness (QED) is 0.568. The van der Waals surface area contributed by atoms with Gasteiger partial charge in [0, 0.05) is 29.2 Å². The Morgan fingerprint density at radius 1 is 0.852 bits per heavy atom. The summed E-state index contributed by atoms with van der Waals surface area (Å²) in [5.74, 6) is 2.28. The van der Waals surface area contributed by atoms with Gasteiger partial charge >= 0.3 is 5.97 Å². The lowest BCUT2D eigenvalue weighted by atomic mass is 9.84. The minimum atomic E-state index is -0.348. The number of rotatable bonds is 6. The second kappa shape index (κ2) is 7.65. The molecular formula is C20H22O7. The number of hydrogen-bond acceptors (Lipinski definition) is 7. The Bertz CT molecular complexity index is 860. The lowest BCUT2D eigenvalue weighted by Gasteiger charge is -2.29. The molecule has 0 radical (unpaired) electrons. The van der Waals surface area contributed by atoms with E-state index in [0.29, 0.717) is 40.1 Å². The standard InChI is InChI=1S/C20H22O7/c1-22-11-6-7-12(14(8-11)23-2)13-9-17(21)27-15-10-16(24-3)19(25-4)20(26-5)18(13)15/h6-8,10,13H,9H2,1-5H3/t13-/m0/s1. The average molecular weight is 374 g/mol. The molecule has 1 aliphatic heterocycles. The Morgan fingerprint density at radius 3 is 2.15 bits per heavy atom. The molecule has 27 heavy (non-hydrogen) atoms. The van der Waals surface area contributed by atoms with Crippen LogP contribution in [0.2, 0.25) is 0 Å². The number of fused-ring (bicyclic) bond motifs is 1. The lowest BCUT2D eigenvalue weighted by Crippen LogP contribution is -2.22. The second-order valence-corrected chi connectivity index (χ2v) is 5.90. The van der Waals surface area contributed by atoms with E-state index >= 15 is 0 Å². The molecule has 1 atom stereocenters. The fraction of sp³-hybridized carbons (Fsp3) is 0.350. The number of hydrogen-bond donors (Lipinski definition) is 0. The van der Waals surface area contributed by atoms with Gasteiger partial charge in [0.1, 0.15) is 17.2 Å². The van der Waals surface area contributed by atoms with Crippen molar-refractivity contribution in [3.8, 4) is 34.5 Å². The number of esters is 1. The van der Waals surface area contributed by atoms with E-state index in [2.05, 4.69) is 0 Å².